The maximum absolute atomic E-state index is 3.67. The summed E-state index contributed by atoms with van der Waals surface area (Å²) in [7, 11) is 0. The van der Waals surface area contributed by atoms with Crippen molar-refractivity contribution in [1.82, 2.24) is 10.2 Å². The Labute approximate surface area is 112 Å². The number of thioether (sulfide) groups is 1. The van der Waals surface area contributed by atoms with Gasteiger partial charge in [-0.1, -0.05) is 20.8 Å². The normalized spacial score (nSPS) is 25.4. The molecule has 0 saturated carbocycles. The minimum absolute atomic E-state index is 0.281. The van der Waals surface area contributed by atoms with Crippen LogP contribution in [-0.4, -0.2) is 47.6 Å². The van der Waals surface area contributed by atoms with Crippen LogP contribution in [0.4, 0.5) is 0 Å². The van der Waals surface area contributed by atoms with Crippen molar-refractivity contribution in [3.8, 4) is 0 Å². The molecule has 0 aromatic carbocycles. The van der Waals surface area contributed by atoms with E-state index in [4.69, 9.17) is 0 Å². The van der Waals surface area contributed by atoms with Gasteiger partial charge in [-0.25, -0.2) is 0 Å². The van der Waals surface area contributed by atoms with Crippen LogP contribution in [-0.2, 0) is 0 Å². The van der Waals surface area contributed by atoms with Gasteiger partial charge in [-0.05, 0) is 44.2 Å². The van der Waals surface area contributed by atoms with E-state index in [9.17, 15) is 0 Å². The lowest BCUT2D eigenvalue weighted by molar-refractivity contribution is 0.0698. The van der Waals surface area contributed by atoms with Gasteiger partial charge in [0.05, 0.1) is 0 Å². The van der Waals surface area contributed by atoms with Crippen LogP contribution >= 0.6 is 11.8 Å². The Hall–Kier alpha value is 0.270. The predicted molar refractivity (Wildman–Crippen MR) is 79.9 cm³/mol. The van der Waals surface area contributed by atoms with Gasteiger partial charge in [-0.3, -0.25) is 4.90 Å². The molecule has 0 aromatic heterocycles. The van der Waals surface area contributed by atoms with E-state index < -0.39 is 0 Å². The van der Waals surface area contributed by atoms with Gasteiger partial charge in [-0.15, -0.1) is 0 Å². The summed E-state index contributed by atoms with van der Waals surface area (Å²) in [6.07, 6.45) is 1.33. The molecule has 1 N–H and O–H groups in total. The molecule has 1 fully saturated rings. The van der Waals surface area contributed by atoms with Crippen LogP contribution < -0.4 is 5.32 Å². The molecule has 0 aromatic rings. The highest BCUT2D eigenvalue weighted by Gasteiger charge is 2.33. The van der Waals surface area contributed by atoms with E-state index in [2.05, 4.69) is 56.6 Å². The molecule has 0 amide bonds. The van der Waals surface area contributed by atoms with Crippen molar-refractivity contribution < 1.29 is 0 Å². The highest BCUT2D eigenvalue weighted by atomic mass is 32.2. The lowest BCUT2D eigenvalue weighted by atomic mass is 9.93. The lowest BCUT2D eigenvalue weighted by Gasteiger charge is -2.46. The number of rotatable bonds is 6. The van der Waals surface area contributed by atoms with Crippen molar-refractivity contribution in [2.45, 2.75) is 52.6 Å². The number of hydrogen-bond donors (Lipinski definition) is 1. The first-order valence-electron chi connectivity index (χ1n) is 7.03. The van der Waals surface area contributed by atoms with Crippen molar-refractivity contribution in [2.24, 2.45) is 5.92 Å². The monoisotopic (exact) mass is 258 g/mol. The molecule has 1 aliphatic heterocycles. The quantitative estimate of drug-likeness (QED) is 0.738. The molecule has 0 radical (unpaired) electrons. The van der Waals surface area contributed by atoms with Crippen molar-refractivity contribution >= 4 is 11.8 Å². The van der Waals surface area contributed by atoms with Gasteiger partial charge in [-0.2, -0.15) is 11.8 Å². The molecular weight excluding hydrogens is 228 g/mol. The molecule has 102 valence electrons. The summed E-state index contributed by atoms with van der Waals surface area (Å²) >= 11 is 2.06. The van der Waals surface area contributed by atoms with Gasteiger partial charge in [0.25, 0.3) is 0 Å². The average molecular weight is 258 g/mol. The van der Waals surface area contributed by atoms with Crippen LogP contribution in [0.1, 0.15) is 41.0 Å². The molecular formula is C14H30N2S. The molecule has 3 heteroatoms. The second kappa shape index (κ2) is 7.01. The molecule has 1 saturated heterocycles. The zero-order valence-corrected chi connectivity index (χ0v) is 13.1. The number of nitrogens with zero attached hydrogens (tertiary/aromatic N) is 1. The molecule has 0 spiro atoms. The van der Waals surface area contributed by atoms with Crippen LogP contribution in [0, 0.1) is 5.92 Å². The van der Waals surface area contributed by atoms with E-state index in [1.54, 1.807) is 0 Å². The summed E-state index contributed by atoms with van der Waals surface area (Å²) in [5.74, 6) is 3.31. The van der Waals surface area contributed by atoms with Gasteiger partial charge >= 0.3 is 0 Å². The van der Waals surface area contributed by atoms with E-state index in [1.807, 2.05) is 0 Å². The second-order valence-electron chi connectivity index (χ2n) is 6.10. The first kappa shape index (κ1) is 15.3. The first-order chi connectivity index (χ1) is 7.96. The SMILES string of the molecule is CCSCCCN1CC(C)(C)NCC1C(C)C. The average Bonchev–Trinajstić information content (AvgIpc) is 2.23. The molecule has 0 aliphatic carbocycles. The Bertz CT molecular complexity index is 216. The molecule has 2 nitrogen and oxygen atoms in total. The fourth-order valence-corrected chi connectivity index (χ4v) is 3.23. The number of nitrogens with one attached hydrogen (secondary N) is 1. The summed E-state index contributed by atoms with van der Waals surface area (Å²) in [5, 5.41) is 3.67. The zero-order chi connectivity index (χ0) is 12.9. The van der Waals surface area contributed by atoms with Crippen LogP contribution in [0.3, 0.4) is 0 Å². The largest absolute Gasteiger partial charge is 0.309 e. The summed E-state index contributed by atoms with van der Waals surface area (Å²) < 4.78 is 0. The van der Waals surface area contributed by atoms with E-state index in [1.165, 1.54) is 31.0 Å². The Morgan fingerprint density at radius 1 is 1.41 bits per heavy atom. The molecule has 17 heavy (non-hydrogen) atoms. The fourth-order valence-electron chi connectivity index (χ4n) is 2.61. The maximum Gasteiger partial charge on any atom is 0.0252 e. The van der Waals surface area contributed by atoms with E-state index in [0.29, 0.717) is 0 Å². The third-order valence-electron chi connectivity index (χ3n) is 3.56. The van der Waals surface area contributed by atoms with E-state index >= 15 is 0 Å². The molecule has 1 unspecified atom stereocenters. The van der Waals surface area contributed by atoms with E-state index in [0.717, 1.165) is 18.5 Å². The maximum atomic E-state index is 3.67. The highest BCUT2D eigenvalue weighted by Crippen LogP contribution is 2.20. The summed E-state index contributed by atoms with van der Waals surface area (Å²) in [5.41, 5.74) is 0.281. The zero-order valence-electron chi connectivity index (χ0n) is 12.3. The van der Waals surface area contributed by atoms with Crippen molar-refractivity contribution in [3.63, 3.8) is 0 Å². The number of piperazine rings is 1. The topological polar surface area (TPSA) is 15.3 Å². The third-order valence-corrected chi connectivity index (χ3v) is 4.55. The number of hydrogen-bond acceptors (Lipinski definition) is 3. The Morgan fingerprint density at radius 3 is 2.71 bits per heavy atom. The Kier molecular flexibility index (Phi) is 6.32. The summed E-state index contributed by atoms with van der Waals surface area (Å²) in [4.78, 5) is 2.71. The van der Waals surface area contributed by atoms with Crippen molar-refractivity contribution in [2.75, 3.05) is 31.1 Å². The van der Waals surface area contributed by atoms with E-state index in [-0.39, 0.29) is 5.54 Å². The minimum Gasteiger partial charge on any atom is -0.309 e. The molecule has 1 rings (SSSR count). The highest BCUT2D eigenvalue weighted by molar-refractivity contribution is 7.99. The van der Waals surface area contributed by atoms with Crippen LogP contribution in [0.5, 0.6) is 0 Å². The smallest absolute Gasteiger partial charge is 0.0252 e. The third kappa shape index (κ3) is 5.19. The van der Waals surface area contributed by atoms with Crippen molar-refractivity contribution in [1.29, 1.82) is 0 Å². The standard InChI is InChI=1S/C14H30N2S/c1-6-17-9-7-8-16-11-14(4,5)15-10-13(16)12(2)3/h12-13,15H,6-11H2,1-5H3. The van der Waals surface area contributed by atoms with Gasteiger partial charge < -0.3 is 5.32 Å². The minimum atomic E-state index is 0.281. The second-order valence-corrected chi connectivity index (χ2v) is 7.49. The Morgan fingerprint density at radius 2 is 2.12 bits per heavy atom. The molecule has 1 aliphatic rings. The van der Waals surface area contributed by atoms with Crippen LogP contribution in [0.15, 0.2) is 0 Å². The van der Waals surface area contributed by atoms with Gasteiger partial charge in [0.15, 0.2) is 0 Å². The molecule has 1 atom stereocenters. The van der Waals surface area contributed by atoms with Crippen LogP contribution in [0.2, 0.25) is 0 Å². The Balaban J connectivity index is 2.44. The molecule has 1 heterocycles. The van der Waals surface area contributed by atoms with Crippen molar-refractivity contribution in [3.05, 3.63) is 0 Å². The van der Waals surface area contributed by atoms with Gasteiger partial charge in [0, 0.05) is 24.7 Å². The summed E-state index contributed by atoms with van der Waals surface area (Å²) in [6, 6.07) is 0.717. The molecule has 0 bridgehead atoms. The predicted octanol–water partition coefficient (Wildman–Crippen LogP) is 2.84. The fraction of sp³-hybridized carbons (Fsp3) is 1.00. The van der Waals surface area contributed by atoms with Crippen LogP contribution in [0.25, 0.3) is 0 Å². The van der Waals surface area contributed by atoms with Gasteiger partial charge in [0.2, 0.25) is 0 Å². The first-order valence-corrected chi connectivity index (χ1v) is 8.18. The van der Waals surface area contributed by atoms with Gasteiger partial charge in [0.1, 0.15) is 0 Å². The summed E-state index contributed by atoms with van der Waals surface area (Å²) in [6.45, 7) is 15.2. The lowest BCUT2D eigenvalue weighted by Crippen LogP contribution is -2.63.